The Hall–Kier alpha value is -3.80. The predicted molar refractivity (Wildman–Crippen MR) is 118 cm³/mol. The third kappa shape index (κ3) is 5.22. The molecule has 1 saturated carbocycles. The second-order valence-electron chi connectivity index (χ2n) is 8.06. The van der Waals surface area contributed by atoms with Gasteiger partial charge in [-0.15, -0.1) is 0 Å². The van der Waals surface area contributed by atoms with Crippen LogP contribution >= 0.6 is 0 Å². The van der Waals surface area contributed by atoms with E-state index in [9.17, 15) is 34.9 Å². The van der Waals surface area contributed by atoms with Gasteiger partial charge in [0.05, 0.1) is 21.0 Å². The molecule has 0 spiro atoms. The van der Waals surface area contributed by atoms with E-state index in [1.54, 1.807) is 13.0 Å². The highest BCUT2D eigenvalue weighted by molar-refractivity contribution is 5.99. The molecule has 1 aromatic carbocycles. The number of ether oxygens (including phenoxy) is 2. The summed E-state index contributed by atoms with van der Waals surface area (Å²) in [6.45, 7) is 2.24. The number of benzene rings is 1. The lowest BCUT2D eigenvalue weighted by atomic mass is 9.95. The van der Waals surface area contributed by atoms with Gasteiger partial charge in [0.25, 0.3) is 5.69 Å². The van der Waals surface area contributed by atoms with Crippen molar-refractivity contribution in [1.29, 1.82) is 0 Å². The molecule has 1 N–H and O–H groups in total. The molecule has 1 fully saturated rings. The Morgan fingerprint density at radius 1 is 1.09 bits per heavy atom. The van der Waals surface area contributed by atoms with Gasteiger partial charge < -0.3 is 19.5 Å². The van der Waals surface area contributed by atoms with Gasteiger partial charge in [-0.1, -0.05) is 12.1 Å². The average Bonchev–Trinajstić information content (AvgIpc) is 3.30. The van der Waals surface area contributed by atoms with E-state index in [0.29, 0.717) is 5.70 Å². The lowest BCUT2D eigenvalue weighted by Crippen LogP contribution is -2.33. The van der Waals surface area contributed by atoms with Gasteiger partial charge in [-0.25, -0.2) is 9.59 Å². The summed E-state index contributed by atoms with van der Waals surface area (Å²) in [4.78, 5) is 48.0. The van der Waals surface area contributed by atoms with Crippen LogP contribution < -0.4 is 4.90 Å². The molecule has 1 unspecified atom stereocenters. The maximum Gasteiger partial charge on any atom is 0.347 e. The zero-order chi connectivity index (χ0) is 25.0. The van der Waals surface area contributed by atoms with E-state index in [1.807, 2.05) is 0 Å². The number of aliphatic hydroxyl groups excluding tert-OH is 1. The number of allylic oxidation sites excluding steroid dienone is 2. The van der Waals surface area contributed by atoms with Gasteiger partial charge in [-0.2, -0.15) is 0 Å². The van der Waals surface area contributed by atoms with Gasteiger partial charge in [0.2, 0.25) is 0 Å². The summed E-state index contributed by atoms with van der Waals surface area (Å²) >= 11 is 0. The Bertz CT molecular complexity index is 1070. The van der Waals surface area contributed by atoms with E-state index in [1.165, 1.54) is 30.0 Å². The Balaban J connectivity index is 2.02. The molecule has 12 nitrogen and oxygen atoms in total. The number of esters is 2. The first-order valence-corrected chi connectivity index (χ1v) is 10.7. The van der Waals surface area contributed by atoms with E-state index in [2.05, 4.69) is 0 Å². The summed E-state index contributed by atoms with van der Waals surface area (Å²) in [5, 5.41) is 31.7. The zero-order valence-corrected chi connectivity index (χ0v) is 18.8. The molecule has 0 bridgehead atoms. The van der Waals surface area contributed by atoms with E-state index < -0.39 is 34.6 Å². The zero-order valence-electron chi connectivity index (χ0n) is 18.8. The standard InChI is InChI=1S/C22H25N3O9/c1-13-16(21(27)33-12-20(26)25(31)32)11-17(22(28)34-15-7-3-4-8-15)14(2)23(13)18-9-5-6-10-19(18)24(29)30/h5-6,9-10,15,20,26H,3-4,7-8,11-12H2,1-2H3. The molecule has 0 saturated heterocycles. The molecule has 1 heterocycles. The number of rotatable bonds is 8. The highest BCUT2D eigenvalue weighted by Gasteiger charge is 2.35. The lowest BCUT2D eigenvalue weighted by Gasteiger charge is -2.33. The second kappa shape index (κ2) is 10.4. The normalized spacial score (nSPS) is 17.6. The Labute approximate surface area is 194 Å². The first-order chi connectivity index (χ1) is 16.1. The van der Waals surface area contributed by atoms with Crippen LogP contribution in [0.4, 0.5) is 11.4 Å². The van der Waals surface area contributed by atoms with Crippen LogP contribution in [0.25, 0.3) is 0 Å². The summed E-state index contributed by atoms with van der Waals surface area (Å²) in [6.07, 6.45) is 0.798. The topological polar surface area (TPSA) is 162 Å². The monoisotopic (exact) mass is 475 g/mol. The maximum atomic E-state index is 13.0. The van der Waals surface area contributed by atoms with Crippen molar-refractivity contribution in [3.8, 4) is 0 Å². The lowest BCUT2D eigenvalue weighted by molar-refractivity contribution is -0.572. The Kier molecular flexibility index (Phi) is 7.61. The van der Waals surface area contributed by atoms with Crippen LogP contribution in [0.5, 0.6) is 0 Å². The van der Waals surface area contributed by atoms with Crippen molar-refractivity contribution in [2.75, 3.05) is 11.5 Å². The second-order valence-corrected chi connectivity index (χ2v) is 8.06. The minimum Gasteiger partial charge on any atom is -0.459 e. The van der Waals surface area contributed by atoms with Gasteiger partial charge in [-0.3, -0.25) is 20.2 Å². The number of hydrogen-bond acceptors (Lipinski definition) is 10. The minimum atomic E-state index is -2.11. The fraction of sp³-hybridized carbons (Fsp3) is 0.455. The number of nitro benzene ring substituents is 1. The summed E-state index contributed by atoms with van der Waals surface area (Å²) < 4.78 is 10.5. The van der Waals surface area contributed by atoms with Crippen molar-refractivity contribution in [3.05, 3.63) is 67.0 Å². The molecule has 1 aliphatic carbocycles. The molecule has 34 heavy (non-hydrogen) atoms. The Morgan fingerprint density at radius 2 is 1.68 bits per heavy atom. The van der Waals surface area contributed by atoms with Crippen molar-refractivity contribution in [2.45, 2.75) is 58.3 Å². The summed E-state index contributed by atoms with van der Waals surface area (Å²) in [5.74, 6) is -1.63. The van der Waals surface area contributed by atoms with Gasteiger partial charge in [0.15, 0.2) is 6.61 Å². The van der Waals surface area contributed by atoms with Crippen molar-refractivity contribution >= 4 is 23.3 Å². The van der Waals surface area contributed by atoms with E-state index >= 15 is 0 Å². The quantitative estimate of drug-likeness (QED) is 0.256. The third-order valence-electron chi connectivity index (χ3n) is 5.89. The minimum absolute atomic E-state index is 0.0299. The molecule has 0 amide bonds. The molecule has 182 valence electrons. The number of anilines is 1. The van der Waals surface area contributed by atoms with Gasteiger partial charge in [0.1, 0.15) is 11.8 Å². The maximum absolute atomic E-state index is 13.0. The number of hydrogen-bond donors (Lipinski definition) is 1. The number of para-hydroxylation sites is 2. The van der Waals surface area contributed by atoms with Gasteiger partial charge in [0, 0.05) is 23.9 Å². The van der Waals surface area contributed by atoms with Crippen LogP contribution in [0.3, 0.4) is 0 Å². The van der Waals surface area contributed by atoms with Gasteiger partial charge in [-0.05, 0) is 45.6 Å². The number of carbonyl (C=O) groups excluding carboxylic acids is 2. The molecular formula is C22H25N3O9. The van der Waals surface area contributed by atoms with Crippen LogP contribution in [0.1, 0.15) is 46.0 Å². The molecular weight excluding hydrogens is 450 g/mol. The first kappa shape index (κ1) is 24.8. The average molecular weight is 475 g/mol. The Morgan fingerprint density at radius 3 is 2.26 bits per heavy atom. The molecule has 1 aliphatic heterocycles. The van der Waals surface area contributed by atoms with E-state index in [-0.39, 0.29) is 40.7 Å². The van der Waals surface area contributed by atoms with Crippen molar-refractivity contribution in [3.63, 3.8) is 0 Å². The van der Waals surface area contributed by atoms with Crippen LogP contribution in [0.15, 0.2) is 46.8 Å². The molecule has 3 rings (SSSR count). The first-order valence-electron chi connectivity index (χ1n) is 10.7. The smallest absolute Gasteiger partial charge is 0.347 e. The van der Waals surface area contributed by atoms with Gasteiger partial charge >= 0.3 is 18.2 Å². The van der Waals surface area contributed by atoms with Crippen molar-refractivity contribution in [1.82, 2.24) is 0 Å². The van der Waals surface area contributed by atoms with Crippen LogP contribution in [-0.2, 0) is 19.1 Å². The van der Waals surface area contributed by atoms with Crippen molar-refractivity contribution < 1.29 is 34.0 Å². The molecule has 12 heteroatoms. The summed E-state index contributed by atoms with van der Waals surface area (Å²) in [7, 11) is 0. The molecule has 1 atom stereocenters. The SMILES string of the molecule is CC1=C(C(=O)OCC(O)[N+](=O)[O-])CC(C(=O)OC2CCCC2)=C(C)N1c1ccccc1[N+](=O)[O-]. The number of aliphatic hydroxyl groups is 1. The number of nitro groups is 2. The van der Waals surface area contributed by atoms with Crippen molar-refractivity contribution in [2.24, 2.45) is 0 Å². The van der Waals surface area contributed by atoms with E-state index in [4.69, 9.17) is 9.47 Å². The predicted octanol–water partition coefficient (Wildman–Crippen LogP) is 2.98. The highest BCUT2D eigenvalue weighted by Crippen LogP contribution is 2.40. The van der Waals surface area contributed by atoms with Crippen LogP contribution in [0.2, 0.25) is 0 Å². The molecule has 0 radical (unpaired) electrons. The fourth-order valence-corrected chi connectivity index (χ4v) is 4.09. The van der Waals surface area contributed by atoms with Crippen LogP contribution in [0, 0.1) is 20.2 Å². The van der Waals surface area contributed by atoms with E-state index in [0.717, 1.165) is 25.7 Å². The van der Waals surface area contributed by atoms with Crippen LogP contribution in [-0.4, -0.2) is 45.8 Å². The molecule has 2 aliphatic rings. The number of nitrogens with zero attached hydrogens (tertiary/aromatic N) is 3. The molecule has 0 aromatic heterocycles. The summed E-state index contributed by atoms with van der Waals surface area (Å²) in [5.41, 5.74) is 0.587. The number of carbonyl (C=O) groups is 2. The summed E-state index contributed by atoms with van der Waals surface area (Å²) in [6, 6.07) is 5.86. The largest absolute Gasteiger partial charge is 0.459 e. The molecule has 1 aromatic rings. The third-order valence-corrected chi connectivity index (χ3v) is 5.89. The fourth-order valence-electron chi connectivity index (χ4n) is 4.09. The highest BCUT2D eigenvalue weighted by atomic mass is 16.7.